The van der Waals surface area contributed by atoms with E-state index in [4.69, 9.17) is 4.74 Å². The Labute approximate surface area is 180 Å². The Morgan fingerprint density at radius 3 is 2.19 bits per heavy atom. The standard InChI is InChI=1S/C24H20N2O4S/c1-30-23-13-7-6-12-22(23)25-24(27)20-10-4-5-11-21(20)26-31(28,29)19-15-14-17-8-2-3-9-18(17)16-19/h2-16,26H,1H3,(H,25,27). The molecule has 0 fully saturated rings. The molecule has 0 spiro atoms. The number of para-hydroxylation sites is 3. The van der Waals surface area contributed by atoms with E-state index in [1.165, 1.54) is 7.11 Å². The van der Waals surface area contributed by atoms with Crippen molar-refractivity contribution in [2.24, 2.45) is 0 Å². The summed E-state index contributed by atoms with van der Waals surface area (Å²) in [5.41, 5.74) is 0.864. The van der Waals surface area contributed by atoms with Crippen LogP contribution in [0.5, 0.6) is 5.75 Å². The fraction of sp³-hybridized carbons (Fsp3) is 0.0417. The third kappa shape index (κ3) is 4.36. The average molecular weight is 433 g/mol. The summed E-state index contributed by atoms with van der Waals surface area (Å²) in [5, 5.41) is 4.52. The zero-order chi connectivity index (χ0) is 21.8. The van der Waals surface area contributed by atoms with Crippen molar-refractivity contribution in [2.45, 2.75) is 4.90 Å². The maximum absolute atomic E-state index is 13.0. The van der Waals surface area contributed by atoms with E-state index in [9.17, 15) is 13.2 Å². The van der Waals surface area contributed by atoms with E-state index < -0.39 is 15.9 Å². The number of sulfonamides is 1. The van der Waals surface area contributed by atoms with Gasteiger partial charge in [0.25, 0.3) is 15.9 Å². The van der Waals surface area contributed by atoms with Crippen LogP contribution in [0.25, 0.3) is 10.8 Å². The van der Waals surface area contributed by atoms with Crippen LogP contribution < -0.4 is 14.8 Å². The molecule has 0 aromatic heterocycles. The summed E-state index contributed by atoms with van der Waals surface area (Å²) in [6.07, 6.45) is 0. The Hall–Kier alpha value is -3.84. The zero-order valence-corrected chi connectivity index (χ0v) is 17.5. The maximum atomic E-state index is 13.0. The smallest absolute Gasteiger partial charge is 0.261 e. The summed E-state index contributed by atoms with van der Waals surface area (Å²) in [6, 6.07) is 25.9. The van der Waals surface area contributed by atoms with Crippen LogP contribution in [0.4, 0.5) is 11.4 Å². The van der Waals surface area contributed by atoms with Gasteiger partial charge in [0.15, 0.2) is 0 Å². The highest BCUT2D eigenvalue weighted by atomic mass is 32.2. The lowest BCUT2D eigenvalue weighted by Crippen LogP contribution is -2.18. The van der Waals surface area contributed by atoms with Crippen LogP contribution in [-0.4, -0.2) is 21.4 Å². The van der Waals surface area contributed by atoms with E-state index in [0.717, 1.165) is 10.8 Å². The largest absolute Gasteiger partial charge is 0.495 e. The normalized spacial score (nSPS) is 11.1. The number of hydrogen-bond acceptors (Lipinski definition) is 4. The van der Waals surface area contributed by atoms with Crippen molar-refractivity contribution in [3.05, 3.63) is 96.6 Å². The molecule has 31 heavy (non-hydrogen) atoms. The molecule has 0 unspecified atom stereocenters. The molecule has 0 aliphatic rings. The molecular formula is C24H20N2O4S. The van der Waals surface area contributed by atoms with Gasteiger partial charge >= 0.3 is 0 Å². The fourth-order valence-electron chi connectivity index (χ4n) is 3.25. The molecular weight excluding hydrogens is 412 g/mol. The molecule has 4 aromatic carbocycles. The van der Waals surface area contributed by atoms with Crippen LogP contribution >= 0.6 is 0 Å². The number of carbonyl (C=O) groups is 1. The number of benzene rings is 4. The molecule has 0 saturated heterocycles. The average Bonchev–Trinajstić information content (AvgIpc) is 2.79. The van der Waals surface area contributed by atoms with Gasteiger partial charge < -0.3 is 10.1 Å². The van der Waals surface area contributed by atoms with Gasteiger partial charge in [-0.3, -0.25) is 9.52 Å². The lowest BCUT2D eigenvalue weighted by Gasteiger charge is -2.14. The maximum Gasteiger partial charge on any atom is 0.261 e. The molecule has 0 atom stereocenters. The van der Waals surface area contributed by atoms with Crippen LogP contribution in [0.3, 0.4) is 0 Å². The Balaban J connectivity index is 1.64. The number of fused-ring (bicyclic) bond motifs is 1. The van der Waals surface area contributed by atoms with Gasteiger partial charge in [-0.05, 0) is 47.2 Å². The molecule has 0 aliphatic heterocycles. The molecule has 7 heteroatoms. The monoisotopic (exact) mass is 432 g/mol. The van der Waals surface area contributed by atoms with Crippen molar-refractivity contribution < 1.29 is 17.9 Å². The second-order valence-corrected chi connectivity index (χ2v) is 8.50. The first-order valence-corrected chi connectivity index (χ1v) is 11.0. The van der Waals surface area contributed by atoms with Gasteiger partial charge in [-0.25, -0.2) is 8.42 Å². The summed E-state index contributed by atoms with van der Waals surface area (Å²) >= 11 is 0. The van der Waals surface area contributed by atoms with Crippen molar-refractivity contribution in [1.82, 2.24) is 0 Å². The Bertz CT molecular complexity index is 1370. The van der Waals surface area contributed by atoms with Gasteiger partial charge in [0, 0.05) is 0 Å². The highest BCUT2D eigenvalue weighted by Crippen LogP contribution is 2.27. The SMILES string of the molecule is COc1ccccc1NC(=O)c1ccccc1NS(=O)(=O)c1ccc2ccccc2c1. The van der Waals surface area contributed by atoms with Gasteiger partial charge in [0.2, 0.25) is 0 Å². The fourth-order valence-corrected chi connectivity index (χ4v) is 4.36. The van der Waals surface area contributed by atoms with Crippen LogP contribution in [-0.2, 0) is 10.0 Å². The highest BCUT2D eigenvalue weighted by Gasteiger charge is 2.19. The summed E-state index contributed by atoms with van der Waals surface area (Å²) in [7, 11) is -2.39. The number of hydrogen-bond donors (Lipinski definition) is 2. The highest BCUT2D eigenvalue weighted by molar-refractivity contribution is 7.92. The van der Waals surface area contributed by atoms with E-state index in [2.05, 4.69) is 10.0 Å². The van der Waals surface area contributed by atoms with Crippen LogP contribution in [0, 0.1) is 0 Å². The first-order valence-electron chi connectivity index (χ1n) is 9.53. The van der Waals surface area contributed by atoms with E-state index >= 15 is 0 Å². The molecule has 0 bridgehead atoms. The minimum Gasteiger partial charge on any atom is -0.495 e. The predicted octanol–water partition coefficient (Wildman–Crippen LogP) is 4.90. The summed E-state index contributed by atoms with van der Waals surface area (Å²) in [5.74, 6) is 0.0476. The van der Waals surface area contributed by atoms with Gasteiger partial charge in [-0.15, -0.1) is 0 Å². The molecule has 4 rings (SSSR count). The predicted molar refractivity (Wildman–Crippen MR) is 122 cm³/mol. The second-order valence-electron chi connectivity index (χ2n) is 6.81. The Morgan fingerprint density at radius 2 is 1.42 bits per heavy atom. The molecule has 0 saturated carbocycles. The van der Waals surface area contributed by atoms with E-state index in [1.807, 2.05) is 24.3 Å². The molecule has 156 valence electrons. The number of amides is 1. The van der Waals surface area contributed by atoms with E-state index in [0.29, 0.717) is 11.4 Å². The number of methoxy groups -OCH3 is 1. The van der Waals surface area contributed by atoms with Gasteiger partial charge in [-0.1, -0.05) is 54.6 Å². The lowest BCUT2D eigenvalue weighted by molar-refractivity contribution is 0.102. The first kappa shape index (κ1) is 20.4. The second kappa shape index (κ2) is 8.49. The number of ether oxygens (including phenoxy) is 1. The van der Waals surface area contributed by atoms with Crippen molar-refractivity contribution in [3.63, 3.8) is 0 Å². The molecule has 1 amide bonds. The minimum atomic E-state index is -3.90. The Morgan fingerprint density at radius 1 is 0.774 bits per heavy atom. The zero-order valence-electron chi connectivity index (χ0n) is 16.7. The molecule has 4 aromatic rings. The summed E-state index contributed by atoms with van der Waals surface area (Å²) in [6.45, 7) is 0. The van der Waals surface area contributed by atoms with Gasteiger partial charge in [-0.2, -0.15) is 0 Å². The molecule has 2 N–H and O–H groups in total. The van der Waals surface area contributed by atoms with Crippen LogP contribution in [0.15, 0.2) is 95.9 Å². The van der Waals surface area contributed by atoms with Crippen molar-refractivity contribution in [1.29, 1.82) is 0 Å². The number of nitrogens with one attached hydrogen (secondary N) is 2. The summed E-state index contributed by atoms with van der Waals surface area (Å²) < 4.78 is 33.8. The first-order chi connectivity index (χ1) is 15.0. The number of carbonyl (C=O) groups excluding carboxylic acids is 1. The quantitative estimate of drug-likeness (QED) is 0.454. The topological polar surface area (TPSA) is 84.5 Å². The van der Waals surface area contributed by atoms with Crippen LogP contribution in [0.1, 0.15) is 10.4 Å². The van der Waals surface area contributed by atoms with Crippen molar-refractivity contribution in [3.8, 4) is 5.75 Å². The van der Waals surface area contributed by atoms with Crippen molar-refractivity contribution >= 4 is 38.1 Å². The summed E-state index contributed by atoms with van der Waals surface area (Å²) in [4.78, 5) is 13.0. The van der Waals surface area contributed by atoms with Gasteiger partial charge in [0.05, 0.1) is 28.9 Å². The van der Waals surface area contributed by atoms with Gasteiger partial charge in [0.1, 0.15) is 5.75 Å². The molecule has 0 radical (unpaired) electrons. The lowest BCUT2D eigenvalue weighted by atomic mass is 10.1. The molecule has 0 aliphatic carbocycles. The Kier molecular flexibility index (Phi) is 5.60. The van der Waals surface area contributed by atoms with E-state index in [1.54, 1.807) is 66.7 Å². The number of anilines is 2. The third-order valence-electron chi connectivity index (χ3n) is 4.80. The molecule has 6 nitrogen and oxygen atoms in total. The van der Waals surface area contributed by atoms with E-state index in [-0.39, 0.29) is 16.1 Å². The molecule has 0 heterocycles. The van der Waals surface area contributed by atoms with Crippen molar-refractivity contribution in [2.75, 3.05) is 17.1 Å². The van der Waals surface area contributed by atoms with Crippen LogP contribution in [0.2, 0.25) is 0 Å². The third-order valence-corrected chi connectivity index (χ3v) is 6.17. The minimum absolute atomic E-state index is 0.117. The number of rotatable bonds is 6.